The molecule has 0 amide bonds. The Balaban J connectivity index is 2.30. The molecule has 1 unspecified atom stereocenters. The molecule has 1 nitrogen and oxygen atoms in total. The van der Waals surface area contributed by atoms with E-state index in [0.717, 1.165) is 18.5 Å². The van der Waals surface area contributed by atoms with Crippen LogP contribution in [0.4, 0.5) is 10.1 Å². The maximum absolute atomic E-state index is 13.3. The maximum atomic E-state index is 13.3. The first kappa shape index (κ1) is 10.9. The number of hydrogen-bond donors (Lipinski definition) is 1. The van der Waals surface area contributed by atoms with E-state index in [1.807, 2.05) is 6.07 Å². The van der Waals surface area contributed by atoms with Crippen molar-refractivity contribution in [3.8, 4) is 0 Å². The molecule has 0 radical (unpaired) electrons. The average Bonchev–Trinajstić information content (AvgIpc) is 2.19. The summed E-state index contributed by atoms with van der Waals surface area (Å²) in [6.45, 7) is 4.38. The SMILES string of the molecule is CC(C)C1CCc2cc(Br)c(F)cc2N1. The molecular weight excluding hydrogens is 257 g/mol. The summed E-state index contributed by atoms with van der Waals surface area (Å²) in [5, 5.41) is 3.40. The summed E-state index contributed by atoms with van der Waals surface area (Å²) in [5.74, 6) is 0.399. The van der Waals surface area contributed by atoms with Crippen molar-refractivity contribution in [3.63, 3.8) is 0 Å². The Hall–Kier alpha value is -0.570. The second-order valence-electron chi connectivity index (χ2n) is 4.46. The lowest BCUT2D eigenvalue weighted by Crippen LogP contribution is -2.30. The molecule has 0 aliphatic carbocycles. The summed E-state index contributed by atoms with van der Waals surface area (Å²) >= 11 is 3.22. The number of fused-ring (bicyclic) bond motifs is 1. The Morgan fingerprint density at radius 3 is 2.87 bits per heavy atom. The average molecular weight is 272 g/mol. The van der Waals surface area contributed by atoms with E-state index in [9.17, 15) is 4.39 Å². The molecule has 1 heterocycles. The van der Waals surface area contributed by atoms with Crippen LogP contribution in [0.15, 0.2) is 16.6 Å². The van der Waals surface area contributed by atoms with Crippen molar-refractivity contribution in [2.75, 3.05) is 5.32 Å². The Bertz CT molecular complexity index is 376. The third kappa shape index (κ3) is 2.17. The largest absolute Gasteiger partial charge is 0.382 e. The van der Waals surface area contributed by atoms with E-state index in [-0.39, 0.29) is 5.82 Å². The highest BCUT2D eigenvalue weighted by molar-refractivity contribution is 9.10. The van der Waals surface area contributed by atoms with Crippen LogP contribution < -0.4 is 5.32 Å². The van der Waals surface area contributed by atoms with Gasteiger partial charge in [0.05, 0.1) is 4.47 Å². The van der Waals surface area contributed by atoms with Gasteiger partial charge in [0, 0.05) is 11.7 Å². The van der Waals surface area contributed by atoms with Gasteiger partial charge >= 0.3 is 0 Å². The Morgan fingerprint density at radius 1 is 1.47 bits per heavy atom. The number of halogens is 2. The van der Waals surface area contributed by atoms with Gasteiger partial charge in [0.25, 0.3) is 0 Å². The summed E-state index contributed by atoms with van der Waals surface area (Å²) in [7, 11) is 0. The Kier molecular flexibility index (Phi) is 3.01. The summed E-state index contributed by atoms with van der Waals surface area (Å²) in [4.78, 5) is 0. The van der Waals surface area contributed by atoms with Gasteiger partial charge in [-0.1, -0.05) is 13.8 Å². The monoisotopic (exact) mass is 271 g/mol. The molecule has 0 saturated carbocycles. The first-order valence-corrected chi connectivity index (χ1v) is 6.11. The standard InChI is InChI=1S/C12H15BrFN/c1-7(2)11-4-3-8-5-9(13)10(14)6-12(8)15-11/h5-7,11,15H,3-4H2,1-2H3. The number of benzene rings is 1. The molecule has 1 atom stereocenters. The minimum Gasteiger partial charge on any atom is -0.382 e. The van der Waals surface area contributed by atoms with Crippen molar-refractivity contribution in [1.29, 1.82) is 0 Å². The highest BCUT2D eigenvalue weighted by Crippen LogP contribution is 2.31. The lowest BCUT2D eigenvalue weighted by molar-refractivity contribution is 0.481. The van der Waals surface area contributed by atoms with Crippen molar-refractivity contribution in [3.05, 3.63) is 28.0 Å². The highest BCUT2D eigenvalue weighted by atomic mass is 79.9. The molecule has 1 aromatic rings. The fourth-order valence-electron chi connectivity index (χ4n) is 2.01. The fourth-order valence-corrected chi connectivity index (χ4v) is 2.40. The van der Waals surface area contributed by atoms with Crippen LogP contribution in [0.25, 0.3) is 0 Å². The van der Waals surface area contributed by atoms with Gasteiger partial charge < -0.3 is 5.32 Å². The van der Waals surface area contributed by atoms with Gasteiger partial charge in [-0.15, -0.1) is 0 Å². The topological polar surface area (TPSA) is 12.0 Å². The Morgan fingerprint density at radius 2 is 2.20 bits per heavy atom. The predicted octanol–water partition coefficient (Wildman–Crippen LogP) is 3.97. The van der Waals surface area contributed by atoms with Crippen LogP contribution in [-0.4, -0.2) is 6.04 Å². The third-order valence-corrected chi connectivity index (χ3v) is 3.62. The molecule has 82 valence electrons. The number of anilines is 1. The Labute approximate surface area is 98.2 Å². The lowest BCUT2D eigenvalue weighted by Gasteiger charge is -2.30. The quantitative estimate of drug-likeness (QED) is 0.815. The first-order valence-electron chi connectivity index (χ1n) is 5.32. The molecule has 0 saturated heterocycles. The molecule has 2 rings (SSSR count). The van der Waals surface area contributed by atoms with Gasteiger partial charge in [0.15, 0.2) is 0 Å². The molecular formula is C12H15BrFN. The highest BCUT2D eigenvalue weighted by Gasteiger charge is 2.21. The minimum absolute atomic E-state index is 0.189. The predicted molar refractivity (Wildman–Crippen MR) is 64.7 cm³/mol. The summed E-state index contributed by atoms with van der Waals surface area (Å²) < 4.78 is 13.9. The van der Waals surface area contributed by atoms with Crippen LogP contribution in [0.5, 0.6) is 0 Å². The van der Waals surface area contributed by atoms with Gasteiger partial charge in [-0.05, 0) is 52.4 Å². The van der Waals surface area contributed by atoms with Gasteiger partial charge in [-0.3, -0.25) is 0 Å². The maximum Gasteiger partial charge on any atom is 0.139 e. The van der Waals surface area contributed by atoms with Crippen molar-refractivity contribution in [1.82, 2.24) is 0 Å². The molecule has 3 heteroatoms. The van der Waals surface area contributed by atoms with Crippen LogP contribution in [0, 0.1) is 11.7 Å². The normalized spacial score (nSPS) is 19.9. The van der Waals surface area contributed by atoms with Crippen LogP contribution >= 0.6 is 15.9 Å². The number of rotatable bonds is 1. The van der Waals surface area contributed by atoms with E-state index in [1.54, 1.807) is 6.07 Å². The zero-order valence-electron chi connectivity index (χ0n) is 8.98. The van der Waals surface area contributed by atoms with E-state index in [1.165, 1.54) is 5.56 Å². The summed E-state index contributed by atoms with van der Waals surface area (Å²) in [5.41, 5.74) is 2.17. The molecule has 0 aromatic heterocycles. The van der Waals surface area contributed by atoms with Crippen LogP contribution in [0.2, 0.25) is 0 Å². The van der Waals surface area contributed by atoms with Crippen LogP contribution in [0.1, 0.15) is 25.8 Å². The van der Waals surface area contributed by atoms with Gasteiger partial charge in [0.1, 0.15) is 5.82 Å². The van der Waals surface area contributed by atoms with Gasteiger partial charge in [0.2, 0.25) is 0 Å². The van der Waals surface area contributed by atoms with E-state index in [2.05, 4.69) is 35.1 Å². The molecule has 0 fully saturated rings. The van der Waals surface area contributed by atoms with E-state index >= 15 is 0 Å². The second-order valence-corrected chi connectivity index (χ2v) is 5.31. The van der Waals surface area contributed by atoms with E-state index in [0.29, 0.717) is 16.4 Å². The van der Waals surface area contributed by atoms with Crippen molar-refractivity contribution in [2.24, 2.45) is 5.92 Å². The second kappa shape index (κ2) is 4.12. The van der Waals surface area contributed by atoms with Crippen molar-refractivity contribution in [2.45, 2.75) is 32.7 Å². The zero-order valence-corrected chi connectivity index (χ0v) is 10.6. The van der Waals surface area contributed by atoms with Gasteiger partial charge in [-0.25, -0.2) is 4.39 Å². The minimum atomic E-state index is -0.189. The number of hydrogen-bond acceptors (Lipinski definition) is 1. The van der Waals surface area contributed by atoms with Crippen LogP contribution in [-0.2, 0) is 6.42 Å². The third-order valence-electron chi connectivity index (χ3n) is 3.02. The smallest absolute Gasteiger partial charge is 0.139 e. The van der Waals surface area contributed by atoms with E-state index < -0.39 is 0 Å². The molecule has 1 aliphatic rings. The lowest BCUT2D eigenvalue weighted by atomic mass is 9.91. The number of aryl methyl sites for hydroxylation is 1. The molecule has 1 aromatic carbocycles. The van der Waals surface area contributed by atoms with Crippen molar-refractivity contribution < 1.29 is 4.39 Å². The molecule has 1 aliphatic heterocycles. The molecule has 0 spiro atoms. The number of nitrogens with one attached hydrogen (secondary N) is 1. The zero-order chi connectivity index (χ0) is 11.0. The first-order chi connectivity index (χ1) is 7.08. The molecule has 0 bridgehead atoms. The van der Waals surface area contributed by atoms with E-state index in [4.69, 9.17) is 0 Å². The van der Waals surface area contributed by atoms with Crippen LogP contribution in [0.3, 0.4) is 0 Å². The fraction of sp³-hybridized carbons (Fsp3) is 0.500. The van der Waals surface area contributed by atoms with Crippen molar-refractivity contribution >= 4 is 21.6 Å². The van der Waals surface area contributed by atoms with Gasteiger partial charge in [-0.2, -0.15) is 0 Å². The summed E-state index contributed by atoms with van der Waals surface area (Å²) in [6, 6.07) is 3.94. The molecule has 15 heavy (non-hydrogen) atoms. The molecule has 1 N–H and O–H groups in total. The summed E-state index contributed by atoms with van der Waals surface area (Å²) in [6.07, 6.45) is 2.16.